The second-order valence-corrected chi connectivity index (χ2v) is 7.87. The van der Waals surface area contributed by atoms with Gasteiger partial charge in [0.15, 0.2) is 0 Å². The molecule has 8 heteroatoms. The van der Waals surface area contributed by atoms with Gasteiger partial charge < -0.3 is 9.47 Å². The smallest absolute Gasteiger partial charge is 0.335 e. The Labute approximate surface area is 206 Å². The number of rotatable bonds is 7. The Morgan fingerprint density at radius 3 is 2.17 bits per heavy atom. The number of anilines is 1. The topological polar surface area (TPSA) is 84.9 Å². The highest BCUT2D eigenvalue weighted by molar-refractivity contribution is 6.39. The molecule has 0 bridgehead atoms. The van der Waals surface area contributed by atoms with Gasteiger partial charge in [-0.1, -0.05) is 41.8 Å². The van der Waals surface area contributed by atoms with E-state index in [2.05, 4.69) is 11.2 Å². The Morgan fingerprint density at radius 2 is 1.51 bits per heavy atom. The highest BCUT2D eigenvalue weighted by atomic mass is 35.5. The lowest BCUT2D eigenvalue weighted by Gasteiger charge is -2.26. The van der Waals surface area contributed by atoms with Crippen LogP contribution in [0.4, 0.5) is 10.5 Å². The van der Waals surface area contributed by atoms with Crippen LogP contribution in [-0.4, -0.2) is 24.5 Å². The maximum Gasteiger partial charge on any atom is 0.335 e. The lowest BCUT2D eigenvalue weighted by molar-refractivity contribution is -0.122. The predicted octanol–water partition coefficient (Wildman–Crippen LogP) is 4.60. The second kappa shape index (κ2) is 10.6. The summed E-state index contributed by atoms with van der Waals surface area (Å²) in [5.41, 5.74) is 1.64. The van der Waals surface area contributed by atoms with Crippen LogP contribution in [0.1, 0.15) is 11.1 Å². The van der Waals surface area contributed by atoms with E-state index in [-0.39, 0.29) is 12.2 Å². The number of urea groups is 1. The largest absolute Gasteiger partial charge is 0.489 e. The minimum Gasteiger partial charge on any atom is -0.489 e. The van der Waals surface area contributed by atoms with Gasteiger partial charge in [0.2, 0.25) is 0 Å². The molecule has 1 N–H and O–H groups in total. The molecule has 3 aromatic rings. The van der Waals surface area contributed by atoms with Crippen molar-refractivity contribution in [2.45, 2.75) is 6.61 Å². The molecule has 1 aliphatic heterocycles. The molecule has 0 radical (unpaired) electrons. The lowest BCUT2D eigenvalue weighted by atomic mass is 10.1. The molecule has 174 valence electrons. The molecular weight excluding hydrogens is 468 g/mol. The zero-order chi connectivity index (χ0) is 24.8. The van der Waals surface area contributed by atoms with Gasteiger partial charge in [0.05, 0.1) is 5.69 Å². The first-order valence-corrected chi connectivity index (χ1v) is 10.9. The number of nitrogens with one attached hydrogen (secondary N) is 1. The minimum absolute atomic E-state index is 0.128. The molecule has 1 aliphatic rings. The fourth-order valence-electron chi connectivity index (χ4n) is 3.28. The maximum atomic E-state index is 13.1. The Bertz CT molecular complexity index is 1320. The SMILES string of the molecule is C#CCOc1ccc(/C=C2\C(=O)NC(=O)N(c3ccc(OCc4ccc(Cl)cc4)cc3)C2=O)cc1. The number of terminal acetylenes is 1. The van der Waals surface area contributed by atoms with Crippen molar-refractivity contribution in [1.82, 2.24) is 5.32 Å². The number of carbonyl (C=O) groups is 3. The zero-order valence-corrected chi connectivity index (χ0v) is 19.1. The Morgan fingerprint density at radius 1 is 0.886 bits per heavy atom. The average molecular weight is 487 g/mol. The van der Waals surface area contributed by atoms with Crippen molar-refractivity contribution in [3.63, 3.8) is 0 Å². The molecule has 1 heterocycles. The molecule has 4 rings (SSSR count). The monoisotopic (exact) mass is 486 g/mol. The Hall–Kier alpha value is -4.54. The number of carbonyl (C=O) groups excluding carboxylic acids is 3. The molecule has 0 saturated carbocycles. The van der Waals surface area contributed by atoms with Gasteiger partial charge >= 0.3 is 6.03 Å². The van der Waals surface area contributed by atoms with Crippen molar-refractivity contribution in [1.29, 1.82) is 0 Å². The maximum absolute atomic E-state index is 13.1. The van der Waals surface area contributed by atoms with Crippen molar-refractivity contribution < 1.29 is 23.9 Å². The van der Waals surface area contributed by atoms with Crippen LogP contribution in [0.2, 0.25) is 5.02 Å². The van der Waals surface area contributed by atoms with Crippen molar-refractivity contribution in [3.8, 4) is 23.8 Å². The van der Waals surface area contributed by atoms with Crippen LogP contribution in [0, 0.1) is 12.3 Å². The number of hydrogen-bond donors (Lipinski definition) is 1. The first-order chi connectivity index (χ1) is 16.9. The molecule has 3 aromatic carbocycles. The molecule has 7 nitrogen and oxygen atoms in total. The fourth-order valence-corrected chi connectivity index (χ4v) is 3.41. The van der Waals surface area contributed by atoms with Crippen LogP contribution in [-0.2, 0) is 16.2 Å². The third kappa shape index (κ3) is 5.69. The number of ether oxygens (including phenoxy) is 2. The molecule has 0 aliphatic carbocycles. The van der Waals surface area contributed by atoms with Gasteiger partial charge in [0.25, 0.3) is 11.8 Å². The van der Waals surface area contributed by atoms with Gasteiger partial charge in [-0.15, -0.1) is 6.42 Å². The molecule has 0 spiro atoms. The summed E-state index contributed by atoms with van der Waals surface area (Å²) in [5, 5.41) is 2.84. The highest BCUT2D eigenvalue weighted by Crippen LogP contribution is 2.25. The normalized spacial score (nSPS) is 14.5. The quantitative estimate of drug-likeness (QED) is 0.300. The summed E-state index contributed by atoms with van der Waals surface area (Å²) in [5.74, 6) is 1.97. The summed E-state index contributed by atoms with van der Waals surface area (Å²) in [6, 6.07) is 19.5. The van der Waals surface area contributed by atoms with Crippen molar-refractivity contribution in [3.05, 3.63) is 94.5 Å². The van der Waals surface area contributed by atoms with Crippen molar-refractivity contribution >= 4 is 41.2 Å². The number of hydrogen-bond acceptors (Lipinski definition) is 5. The lowest BCUT2D eigenvalue weighted by Crippen LogP contribution is -2.54. The highest BCUT2D eigenvalue weighted by Gasteiger charge is 2.36. The summed E-state index contributed by atoms with van der Waals surface area (Å²) in [6.45, 7) is 0.455. The average Bonchev–Trinajstić information content (AvgIpc) is 2.86. The first kappa shape index (κ1) is 23.6. The van der Waals surface area contributed by atoms with E-state index < -0.39 is 17.8 Å². The van der Waals surface area contributed by atoms with Crippen LogP contribution in [0.3, 0.4) is 0 Å². The van der Waals surface area contributed by atoms with E-state index in [4.69, 9.17) is 27.5 Å². The predicted molar refractivity (Wildman–Crippen MR) is 132 cm³/mol. The third-order valence-electron chi connectivity index (χ3n) is 5.03. The van der Waals surface area contributed by atoms with E-state index in [0.29, 0.717) is 34.4 Å². The Kier molecular flexibility index (Phi) is 7.15. The van der Waals surface area contributed by atoms with Crippen molar-refractivity contribution in [2.75, 3.05) is 11.5 Å². The standard InChI is InChI=1S/C27H19ClN2O5/c1-2-15-34-22-11-5-18(6-12-22)16-24-25(31)29-27(33)30(26(24)32)21-9-13-23(14-10-21)35-17-19-3-7-20(28)8-4-19/h1,3-14,16H,15,17H2,(H,29,31,33)/b24-16+. The van der Waals surface area contributed by atoms with Crippen LogP contribution < -0.4 is 19.7 Å². The summed E-state index contributed by atoms with van der Waals surface area (Å²) in [7, 11) is 0. The molecule has 0 unspecified atom stereocenters. The van der Waals surface area contributed by atoms with Gasteiger partial charge in [0, 0.05) is 5.02 Å². The number of imide groups is 2. The number of barbiturate groups is 1. The van der Waals surface area contributed by atoms with Crippen LogP contribution >= 0.6 is 11.6 Å². The molecule has 1 saturated heterocycles. The van der Waals surface area contributed by atoms with Crippen LogP contribution in [0.25, 0.3) is 6.08 Å². The summed E-state index contributed by atoms with van der Waals surface area (Å²) in [4.78, 5) is 38.8. The Balaban J connectivity index is 1.49. The molecule has 0 aromatic heterocycles. The van der Waals surface area contributed by atoms with Gasteiger partial charge in [-0.2, -0.15) is 0 Å². The molecule has 4 amide bonds. The number of nitrogens with zero attached hydrogens (tertiary/aromatic N) is 1. The molecule has 0 atom stereocenters. The van der Waals surface area contributed by atoms with E-state index >= 15 is 0 Å². The van der Waals surface area contributed by atoms with Gasteiger partial charge in [0.1, 0.15) is 30.3 Å². The third-order valence-corrected chi connectivity index (χ3v) is 5.28. The van der Waals surface area contributed by atoms with Crippen molar-refractivity contribution in [2.24, 2.45) is 0 Å². The van der Waals surface area contributed by atoms with E-state index in [0.717, 1.165) is 10.5 Å². The fraction of sp³-hybridized carbons (Fsp3) is 0.0741. The van der Waals surface area contributed by atoms with E-state index in [1.165, 1.54) is 6.08 Å². The van der Waals surface area contributed by atoms with Crippen LogP contribution in [0.15, 0.2) is 78.4 Å². The van der Waals surface area contributed by atoms with E-state index in [9.17, 15) is 14.4 Å². The van der Waals surface area contributed by atoms with Crippen LogP contribution in [0.5, 0.6) is 11.5 Å². The number of benzene rings is 3. The van der Waals surface area contributed by atoms with Gasteiger partial charge in [-0.25, -0.2) is 9.69 Å². The number of halogens is 1. The molecular formula is C27H19ClN2O5. The van der Waals surface area contributed by atoms with E-state index in [1.54, 1.807) is 60.7 Å². The van der Waals surface area contributed by atoms with E-state index in [1.807, 2.05) is 12.1 Å². The second-order valence-electron chi connectivity index (χ2n) is 7.43. The first-order valence-electron chi connectivity index (χ1n) is 10.5. The molecule has 35 heavy (non-hydrogen) atoms. The minimum atomic E-state index is -0.829. The molecule has 1 fully saturated rings. The zero-order valence-electron chi connectivity index (χ0n) is 18.4. The summed E-state index contributed by atoms with van der Waals surface area (Å²) in [6.07, 6.45) is 6.58. The number of amides is 4. The van der Waals surface area contributed by atoms with Gasteiger partial charge in [-0.05, 0) is 65.7 Å². The summed E-state index contributed by atoms with van der Waals surface area (Å²) < 4.78 is 11.1. The summed E-state index contributed by atoms with van der Waals surface area (Å²) >= 11 is 5.89. The van der Waals surface area contributed by atoms with Gasteiger partial charge in [-0.3, -0.25) is 14.9 Å².